The Hall–Kier alpha value is -0.990. The van der Waals surface area contributed by atoms with Crippen molar-refractivity contribution in [2.75, 3.05) is 26.4 Å². The molecule has 1 amide bonds. The first-order chi connectivity index (χ1) is 8.75. The van der Waals surface area contributed by atoms with Gasteiger partial charge in [-0.25, -0.2) is 17.1 Å². The van der Waals surface area contributed by atoms with Gasteiger partial charge in [0.15, 0.2) is 0 Å². The topological polar surface area (TPSA) is 66.5 Å². The largest absolute Gasteiger partial charge is 0.351 e. The molecule has 1 rings (SSSR count). The van der Waals surface area contributed by atoms with E-state index in [2.05, 4.69) is 21.2 Å². The molecule has 0 saturated carbocycles. The molecule has 0 unspecified atom stereocenters. The summed E-state index contributed by atoms with van der Waals surface area (Å²) in [5.74, 6) is -1.55. The molecular formula is C11H14BrFN2O3S. The van der Waals surface area contributed by atoms with Crippen LogP contribution in [0.15, 0.2) is 22.7 Å². The zero-order valence-corrected chi connectivity index (χ0v) is 12.9. The van der Waals surface area contributed by atoms with Crippen LogP contribution >= 0.6 is 15.9 Å². The highest BCUT2D eigenvalue weighted by molar-refractivity contribution is 9.10. The summed E-state index contributed by atoms with van der Waals surface area (Å²) in [6.45, 7) is -0.0781. The lowest BCUT2D eigenvalue weighted by Crippen LogP contribution is -2.34. The Labute approximate surface area is 120 Å². The van der Waals surface area contributed by atoms with Crippen LogP contribution in [0.5, 0.6) is 0 Å². The van der Waals surface area contributed by atoms with E-state index in [-0.39, 0.29) is 22.3 Å². The summed E-state index contributed by atoms with van der Waals surface area (Å²) in [6.07, 6.45) is 0. The summed E-state index contributed by atoms with van der Waals surface area (Å²) in [7, 11) is -0.563. The molecule has 0 bridgehead atoms. The van der Waals surface area contributed by atoms with Crippen LogP contribution in [-0.4, -0.2) is 45.0 Å². The van der Waals surface area contributed by atoms with Gasteiger partial charge in [0, 0.05) is 20.6 Å². The quantitative estimate of drug-likeness (QED) is 0.865. The number of benzene rings is 1. The fraction of sp³-hybridized carbons (Fsp3) is 0.364. The average molecular weight is 353 g/mol. The zero-order valence-electron chi connectivity index (χ0n) is 10.5. The number of halogens is 2. The number of hydrogen-bond acceptors (Lipinski definition) is 3. The van der Waals surface area contributed by atoms with Crippen LogP contribution in [0.1, 0.15) is 10.4 Å². The maximum absolute atomic E-state index is 13.6. The van der Waals surface area contributed by atoms with Gasteiger partial charge in [-0.1, -0.05) is 6.07 Å². The summed E-state index contributed by atoms with van der Waals surface area (Å²) in [5, 5.41) is 2.37. The molecular weight excluding hydrogens is 339 g/mol. The minimum absolute atomic E-state index is 0.0781. The average Bonchev–Trinajstić information content (AvgIpc) is 2.32. The number of carbonyl (C=O) groups is 1. The molecule has 0 spiro atoms. The van der Waals surface area contributed by atoms with Crippen molar-refractivity contribution in [3.63, 3.8) is 0 Å². The summed E-state index contributed by atoms with van der Waals surface area (Å²) in [5.41, 5.74) is -0.128. The van der Waals surface area contributed by atoms with Crippen molar-refractivity contribution in [2.45, 2.75) is 0 Å². The monoisotopic (exact) mass is 352 g/mol. The fourth-order valence-corrected chi connectivity index (χ4v) is 2.34. The van der Waals surface area contributed by atoms with Crippen molar-refractivity contribution >= 4 is 31.9 Å². The van der Waals surface area contributed by atoms with E-state index in [4.69, 9.17) is 0 Å². The van der Waals surface area contributed by atoms with E-state index in [1.54, 1.807) is 0 Å². The van der Waals surface area contributed by atoms with Crippen LogP contribution in [0.3, 0.4) is 0 Å². The second-order valence-electron chi connectivity index (χ2n) is 3.96. The lowest BCUT2D eigenvalue weighted by molar-refractivity contribution is 0.0952. The molecule has 0 aliphatic heterocycles. The third-order valence-corrected chi connectivity index (χ3v) is 4.84. The SMILES string of the molecule is CN(C)S(=O)(=O)CCNC(=O)c1cccc(Br)c1F. The molecule has 19 heavy (non-hydrogen) atoms. The van der Waals surface area contributed by atoms with E-state index in [1.807, 2.05) is 0 Å². The zero-order chi connectivity index (χ0) is 14.6. The standard InChI is InChI=1S/C11H14BrFN2O3S/c1-15(2)19(17,18)7-6-14-11(16)8-4-3-5-9(12)10(8)13/h3-5H,6-7H2,1-2H3,(H,14,16). The fourth-order valence-electron chi connectivity index (χ4n) is 1.25. The van der Waals surface area contributed by atoms with Crippen LogP contribution in [0.25, 0.3) is 0 Å². The van der Waals surface area contributed by atoms with Crippen LogP contribution in [0.4, 0.5) is 4.39 Å². The molecule has 0 aliphatic rings. The first-order valence-electron chi connectivity index (χ1n) is 5.38. The Kier molecular flexibility index (Phi) is 5.45. The summed E-state index contributed by atoms with van der Waals surface area (Å²) < 4.78 is 37.8. The first kappa shape index (κ1) is 16.1. The Morgan fingerprint density at radius 3 is 2.63 bits per heavy atom. The van der Waals surface area contributed by atoms with Gasteiger partial charge in [-0.2, -0.15) is 0 Å². The predicted molar refractivity (Wildman–Crippen MR) is 73.9 cm³/mol. The van der Waals surface area contributed by atoms with Crippen LogP contribution < -0.4 is 5.32 Å². The molecule has 0 fully saturated rings. The molecule has 0 aromatic heterocycles. The number of hydrogen-bond donors (Lipinski definition) is 1. The third-order valence-electron chi connectivity index (χ3n) is 2.40. The summed E-state index contributed by atoms with van der Waals surface area (Å²) in [4.78, 5) is 11.7. The number of rotatable bonds is 5. The molecule has 0 aliphatic carbocycles. The molecule has 0 saturated heterocycles. The van der Waals surface area contributed by atoms with Crippen molar-refractivity contribution < 1.29 is 17.6 Å². The van der Waals surface area contributed by atoms with Gasteiger partial charge < -0.3 is 5.32 Å². The van der Waals surface area contributed by atoms with Gasteiger partial charge in [-0.15, -0.1) is 0 Å². The maximum atomic E-state index is 13.6. The molecule has 0 atom stereocenters. The number of amides is 1. The number of sulfonamides is 1. The van der Waals surface area contributed by atoms with Gasteiger partial charge >= 0.3 is 0 Å². The second-order valence-corrected chi connectivity index (χ2v) is 7.11. The Balaban J connectivity index is 2.65. The number of nitrogens with zero attached hydrogens (tertiary/aromatic N) is 1. The molecule has 8 heteroatoms. The molecule has 1 aromatic rings. The van der Waals surface area contributed by atoms with Gasteiger partial charge in [-0.05, 0) is 28.1 Å². The van der Waals surface area contributed by atoms with E-state index in [9.17, 15) is 17.6 Å². The molecule has 5 nitrogen and oxygen atoms in total. The number of carbonyl (C=O) groups excluding carboxylic acids is 1. The van der Waals surface area contributed by atoms with Crippen molar-refractivity contribution in [2.24, 2.45) is 0 Å². The van der Waals surface area contributed by atoms with E-state index in [0.717, 1.165) is 4.31 Å². The minimum Gasteiger partial charge on any atom is -0.351 e. The number of nitrogens with one attached hydrogen (secondary N) is 1. The van der Waals surface area contributed by atoms with Gasteiger partial charge in [0.05, 0.1) is 15.8 Å². The lowest BCUT2D eigenvalue weighted by atomic mass is 10.2. The van der Waals surface area contributed by atoms with E-state index in [0.29, 0.717) is 0 Å². The van der Waals surface area contributed by atoms with Crippen molar-refractivity contribution in [1.82, 2.24) is 9.62 Å². The molecule has 0 heterocycles. The third kappa shape index (κ3) is 4.26. The van der Waals surface area contributed by atoms with Gasteiger partial charge in [-0.3, -0.25) is 4.79 Å². The highest BCUT2D eigenvalue weighted by Crippen LogP contribution is 2.18. The second kappa shape index (κ2) is 6.44. The van der Waals surface area contributed by atoms with E-state index in [1.165, 1.54) is 32.3 Å². The Bertz CT molecular complexity index is 575. The maximum Gasteiger partial charge on any atom is 0.254 e. The predicted octanol–water partition coefficient (Wildman–Crippen LogP) is 1.21. The molecule has 1 N–H and O–H groups in total. The molecule has 1 aromatic carbocycles. The van der Waals surface area contributed by atoms with Crippen LogP contribution in [0.2, 0.25) is 0 Å². The Morgan fingerprint density at radius 2 is 2.05 bits per heavy atom. The van der Waals surface area contributed by atoms with Crippen LogP contribution in [-0.2, 0) is 10.0 Å². The van der Waals surface area contributed by atoms with Crippen molar-refractivity contribution in [3.05, 3.63) is 34.1 Å². The summed E-state index contributed by atoms with van der Waals surface area (Å²) in [6, 6.07) is 4.33. The van der Waals surface area contributed by atoms with Crippen LogP contribution in [0, 0.1) is 5.82 Å². The van der Waals surface area contributed by atoms with Gasteiger partial charge in [0.25, 0.3) is 5.91 Å². The highest BCUT2D eigenvalue weighted by Gasteiger charge is 2.16. The van der Waals surface area contributed by atoms with Gasteiger partial charge in [0.2, 0.25) is 10.0 Å². The van der Waals surface area contributed by atoms with Gasteiger partial charge in [0.1, 0.15) is 5.82 Å². The molecule has 0 radical (unpaired) electrons. The smallest absolute Gasteiger partial charge is 0.254 e. The lowest BCUT2D eigenvalue weighted by Gasteiger charge is -2.11. The minimum atomic E-state index is -3.38. The summed E-state index contributed by atoms with van der Waals surface area (Å²) >= 11 is 2.98. The van der Waals surface area contributed by atoms with Crippen molar-refractivity contribution in [1.29, 1.82) is 0 Å². The first-order valence-corrected chi connectivity index (χ1v) is 7.78. The highest BCUT2D eigenvalue weighted by atomic mass is 79.9. The Morgan fingerprint density at radius 1 is 1.42 bits per heavy atom. The van der Waals surface area contributed by atoms with Crippen molar-refractivity contribution in [3.8, 4) is 0 Å². The van der Waals surface area contributed by atoms with E-state index >= 15 is 0 Å². The van der Waals surface area contributed by atoms with E-state index < -0.39 is 21.7 Å². The molecule has 106 valence electrons. The normalized spacial score (nSPS) is 11.6.